The number of nitrogens with two attached hydrogens (primary N) is 2. The minimum absolute atomic E-state index is 0. The van der Waals surface area contributed by atoms with E-state index in [0.29, 0.717) is 0 Å². The van der Waals surface area contributed by atoms with Gasteiger partial charge in [0.25, 0.3) is 0 Å². The normalized spacial score (nSPS) is 1.20. The fourth-order valence-electron chi connectivity index (χ4n) is 0. The van der Waals surface area contributed by atoms with Crippen LogP contribution in [0.2, 0.25) is 0 Å². The molecule has 0 spiro atoms. The zero-order valence-electron chi connectivity index (χ0n) is 3.47. The van der Waals surface area contributed by atoms with Gasteiger partial charge in [0.1, 0.15) is 0 Å². The van der Waals surface area contributed by atoms with E-state index < -0.39 is 0 Å². The first-order chi connectivity index (χ1) is 1.00. The molecule has 0 heterocycles. The van der Waals surface area contributed by atoms with Crippen LogP contribution in [-0.4, -0.2) is 0 Å². The molecule has 0 aromatic rings. The molecule has 0 aromatic heterocycles. The van der Waals surface area contributed by atoms with Crippen molar-refractivity contribution in [3.63, 3.8) is 0 Å². The maximum Gasteiger partial charge on any atom is 2.00 e. The monoisotopic (exact) mass is 120 g/mol. The Hall–Kier alpha value is 0.414. The molecular formula is C2H10N2Ni. The molecule has 0 saturated heterocycles. The summed E-state index contributed by atoms with van der Waals surface area (Å²) in [6.07, 6.45) is 0. The van der Waals surface area contributed by atoms with Gasteiger partial charge in [0.2, 0.25) is 0 Å². The van der Waals surface area contributed by atoms with E-state index in [1.54, 1.807) is 0 Å². The SMILES string of the molecule is NN.[CH3-].[CH3-].[Ni+2]. The fourth-order valence-corrected chi connectivity index (χ4v) is 0. The summed E-state index contributed by atoms with van der Waals surface area (Å²) in [7, 11) is 0. The molecule has 0 bridgehead atoms. The van der Waals surface area contributed by atoms with Gasteiger partial charge < -0.3 is 14.9 Å². The molecular weight excluding hydrogens is 111 g/mol. The van der Waals surface area contributed by atoms with Crippen molar-refractivity contribution in [2.75, 3.05) is 0 Å². The van der Waals surface area contributed by atoms with E-state index in [4.69, 9.17) is 0 Å². The van der Waals surface area contributed by atoms with Crippen LogP contribution in [0.25, 0.3) is 0 Å². The molecule has 0 rings (SSSR count). The minimum atomic E-state index is 0. The van der Waals surface area contributed by atoms with Crippen molar-refractivity contribution < 1.29 is 16.5 Å². The summed E-state index contributed by atoms with van der Waals surface area (Å²) in [4.78, 5) is 0. The third-order valence-electron chi connectivity index (χ3n) is 0. The molecule has 0 aromatic carbocycles. The van der Waals surface area contributed by atoms with Gasteiger partial charge in [-0.3, -0.25) is 11.7 Å². The van der Waals surface area contributed by atoms with Gasteiger partial charge >= 0.3 is 16.5 Å². The van der Waals surface area contributed by atoms with Gasteiger partial charge in [-0.25, -0.2) is 0 Å². The van der Waals surface area contributed by atoms with Gasteiger partial charge in [0.15, 0.2) is 0 Å². The van der Waals surface area contributed by atoms with E-state index in [-0.39, 0.29) is 31.3 Å². The zero-order chi connectivity index (χ0) is 2.00. The Morgan fingerprint density at radius 2 is 0.800 bits per heavy atom. The van der Waals surface area contributed by atoms with Crippen LogP contribution in [0.4, 0.5) is 0 Å². The van der Waals surface area contributed by atoms with Crippen molar-refractivity contribution in [2.45, 2.75) is 0 Å². The van der Waals surface area contributed by atoms with Crippen LogP contribution >= 0.6 is 0 Å². The molecule has 0 unspecified atom stereocenters. The van der Waals surface area contributed by atoms with Gasteiger partial charge in [-0.2, -0.15) is 0 Å². The van der Waals surface area contributed by atoms with Crippen molar-refractivity contribution >= 4 is 0 Å². The van der Waals surface area contributed by atoms with Crippen molar-refractivity contribution in [1.29, 1.82) is 0 Å². The summed E-state index contributed by atoms with van der Waals surface area (Å²) < 4.78 is 0. The molecule has 0 fully saturated rings. The van der Waals surface area contributed by atoms with Crippen molar-refractivity contribution in [2.24, 2.45) is 11.7 Å². The Morgan fingerprint density at radius 3 is 0.800 bits per heavy atom. The summed E-state index contributed by atoms with van der Waals surface area (Å²) in [5.74, 6) is 8.00. The second-order valence-corrected chi connectivity index (χ2v) is 0. The van der Waals surface area contributed by atoms with Crippen LogP contribution in [0.5, 0.6) is 0 Å². The molecule has 0 saturated carbocycles. The topological polar surface area (TPSA) is 52.0 Å². The maximum atomic E-state index is 4.00. The first-order valence-electron chi connectivity index (χ1n) is 0.333. The van der Waals surface area contributed by atoms with Crippen molar-refractivity contribution in [3.05, 3.63) is 14.9 Å². The van der Waals surface area contributed by atoms with Gasteiger partial charge in [-0.05, 0) is 0 Å². The molecule has 0 radical (unpaired) electrons. The Labute approximate surface area is 43.8 Å². The number of hydrogen-bond acceptors (Lipinski definition) is 2. The second-order valence-electron chi connectivity index (χ2n) is 0. The maximum absolute atomic E-state index is 4.00. The first-order valence-corrected chi connectivity index (χ1v) is 0.333. The van der Waals surface area contributed by atoms with E-state index >= 15 is 0 Å². The number of rotatable bonds is 0. The van der Waals surface area contributed by atoms with Crippen molar-refractivity contribution in [3.8, 4) is 0 Å². The van der Waals surface area contributed by atoms with Gasteiger partial charge in [0, 0.05) is 0 Å². The molecule has 0 aliphatic rings. The summed E-state index contributed by atoms with van der Waals surface area (Å²) in [5, 5.41) is 0. The quantitative estimate of drug-likeness (QED) is 0.200. The Bertz CT molecular complexity index is 7.61. The number of hydrazine groups is 1. The van der Waals surface area contributed by atoms with Crippen LogP contribution in [0.3, 0.4) is 0 Å². The van der Waals surface area contributed by atoms with E-state index in [9.17, 15) is 0 Å². The predicted octanol–water partition coefficient (Wildman–Crippen LogP) is -0.283. The average Bonchev–Trinajstić information content (AvgIpc) is 1.00. The molecule has 0 aliphatic carbocycles. The molecule has 2 nitrogen and oxygen atoms in total. The number of hydrogen-bond donors (Lipinski definition) is 2. The molecule has 4 N–H and O–H groups in total. The van der Waals surface area contributed by atoms with Gasteiger partial charge in [-0.15, -0.1) is 0 Å². The van der Waals surface area contributed by atoms with Crippen LogP contribution in [0, 0.1) is 14.9 Å². The summed E-state index contributed by atoms with van der Waals surface area (Å²) in [6, 6.07) is 0. The van der Waals surface area contributed by atoms with Crippen LogP contribution in [0.15, 0.2) is 0 Å². The largest absolute Gasteiger partial charge is 2.00 e. The predicted molar refractivity (Wildman–Crippen MR) is 21.2 cm³/mol. The smallest absolute Gasteiger partial charge is 0.358 e. The molecule has 0 atom stereocenters. The summed E-state index contributed by atoms with van der Waals surface area (Å²) in [5.41, 5.74) is 0. The fraction of sp³-hybridized carbons (Fsp3) is 0. The molecule has 0 aliphatic heterocycles. The summed E-state index contributed by atoms with van der Waals surface area (Å²) in [6.45, 7) is 0. The van der Waals surface area contributed by atoms with Gasteiger partial charge in [0.05, 0.1) is 0 Å². The first kappa shape index (κ1) is 52.8. The van der Waals surface area contributed by atoms with E-state index in [1.165, 1.54) is 0 Å². The Kier molecular flexibility index (Phi) is 3170. The van der Waals surface area contributed by atoms with Crippen LogP contribution < -0.4 is 11.7 Å². The molecule has 3 heteroatoms. The molecule has 5 heavy (non-hydrogen) atoms. The Morgan fingerprint density at radius 1 is 0.800 bits per heavy atom. The Balaban J connectivity index is -0.00000000167. The average molecular weight is 121 g/mol. The third kappa shape index (κ3) is 150. The zero-order valence-corrected chi connectivity index (χ0v) is 4.46. The van der Waals surface area contributed by atoms with Crippen LogP contribution in [-0.2, 0) is 16.5 Å². The second kappa shape index (κ2) is 301. The van der Waals surface area contributed by atoms with Crippen molar-refractivity contribution in [1.82, 2.24) is 0 Å². The minimum Gasteiger partial charge on any atom is -0.358 e. The van der Waals surface area contributed by atoms with E-state index in [1.807, 2.05) is 0 Å². The molecule has 0 amide bonds. The van der Waals surface area contributed by atoms with Gasteiger partial charge in [-0.1, -0.05) is 0 Å². The van der Waals surface area contributed by atoms with Crippen LogP contribution in [0.1, 0.15) is 0 Å². The standard InChI is InChI=1S/2CH3.H4N2.Ni/c;;1-2;/h2*1H3;1-2H2;/q2*-1;;+2. The summed E-state index contributed by atoms with van der Waals surface area (Å²) >= 11 is 0. The molecule has 38 valence electrons. The third-order valence-corrected chi connectivity index (χ3v) is 0. The van der Waals surface area contributed by atoms with E-state index in [0.717, 1.165) is 0 Å². The van der Waals surface area contributed by atoms with E-state index in [2.05, 4.69) is 11.7 Å².